The zero-order valence-electron chi connectivity index (χ0n) is 13.3. The summed E-state index contributed by atoms with van der Waals surface area (Å²) in [5.41, 5.74) is 0.711. The number of benzene rings is 1. The van der Waals surface area contributed by atoms with Crippen molar-refractivity contribution in [3.8, 4) is 0 Å². The molecule has 0 aliphatic rings. The third-order valence-corrected chi connectivity index (χ3v) is 3.92. The summed E-state index contributed by atoms with van der Waals surface area (Å²) in [5.74, 6) is -0.199. The maximum absolute atomic E-state index is 14.0. The predicted octanol–water partition coefficient (Wildman–Crippen LogP) is 5.22. The molecule has 1 unspecified atom stereocenters. The Bertz CT molecular complexity index is 419. The Balaban J connectivity index is 2.90. The first kappa shape index (κ1) is 17.5. The van der Waals surface area contributed by atoms with Crippen molar-refractivity contribution in [3.63, 3.8) is 0 Å². The molecule has 3 heteroatoms. The fraction of sp³-hybridized carbons (Fsp3) is 0.647. The fourth-order valence-electron chi connectivity index (χ4n) is 2.45. The Labute approximate surface area is 127 Å². The zero-order valence-corrected chi connectivity index (χ0v) is 14.1. The molecule has 0 bridgehead atoms. The van der Waals surface area contributed by atoms with Crippen molar-refractivity contribution in [2.45, 2.75) is 59.4 Å². The van der Waals surface area contributed by atoms with Crippen LogP contribution in [0.4, 0.5) is 4.39 Å². The minimum absolute atomic E-state index is 0.00780. The van der Waals surface area contributed by atoms with Crippen LogP contribution >= 0.6 is 11.6 Å². The van der Waals surface area contributed by atoms with Crippen LogP contribution in [0.1, 0.15) is 53.0 Å². The molecule has 1 aromatic rings. The maximum Gasteiger partial charge on any atom is 0.127 e. The van der Waals surface area contributed by atoms with Crippen LogP contribution < -0.4 is 5.32 Å². The van der Waals surface area contributed by atoms with Gasteiger partial charge >= 0.3 is 0 Å². The van der Waals surface area contributed by atoms with Crippen molar-refractivity contribution in [1.82, 2.24) is 5.32 Å². The van der Waals surface area contributed by atoms with E-state index in [0.29, 0.717) is 17.0 Å². The van der Waals surface area contributed by atoms with Gasteiger partial charge in [-0.25, -0.2) is 4.39 Å². The molecule has 0 aliphatic carbocycles. The lowest BCUT2D eigenvalue weighted by Gasteiger charge is -2.34. The van der Waals surface area contributed by atoms with Gasteiger partial charge in [-0.15, -0.1) is 0 Å². The van der Waals surface area contributed by atoms with Crippen LogP contribution in [0.15, 0.2) is 18.2 Å². The van der Waals surface area contributed by atoms with E-state index < -0.39 is 0 Å². The van der Waals surface area contributed by atoms with E-state index in [1.165, 1.54) is 6.07 Å². The molecule has 114 valence electrons. The summed E-state index contributed by atoms with van der Waals surface area (Å²) in [7, 11) is 0. The Morgan fingerprint density at radius 2 is 1.85 bits per heavy atom. The summed E-state index contributed by atoms with van der Waals surface area (Å²) in [4.78, 5) is 0. The second-order valence-electron chi connectivity index (χ2n) is 7.04. The second-order valence-corrected chi connectivity index (χ2v) is 7.45. The van der Waals surface area contributed by atoms with Crippen LogP contribution in [-0.4, -0.2) is 12.1 Å². The average Bonchev–Trinajstić information content (AvgIpc) is 2.32. The van der Waals surface area contributed by atoms with Gasteiger partial charge in [0.2, 0.25) is 0 Å². The Morgan fingerprint density at radius 1 is 1.20 bits per heavy atom. The lowest BCUT2D eigenvalue weighted by Crippen LogP contribution is -2.43. The highest BCUT2D eigenvalue weighted by molar-refractivity contribution is 6.31. The molecule has 1 nitrogen and oxygen atoms in total. The smallest absolute Gasteiger partial charge is 0.127 e. The highest BCUT2D eigenvalue weighted by Gasteiger charge is 2.27. The van der Waals surface area contributed by atoms with Crippen molar-refractivity contribution in [3.05, 3.63) is 34.6 Å². The minimum Gasteiger partial charge on any atom is -0.312 e. The summed E-state index contributed by atoms with van der Waals surface area (Å²) in [6.45, 7) is 11.7. The Hall–Kier alpha value is -0.600. The van der Waals surface area contributed by atoms with Crippen molar-refractivity contribution >= 4 is 11.6 Å². The topological polar surface area (TPSA) is 12.0 Å². The molecule has 0 heterocycles. The molecule has 0 radical (unpaired) electrons. The summed E-state index contributed by atoms with van der Waals surface area (Å²) in [6, 6.07) is 4.92. The maximum atomic E-state index is 14.0. The summed E-state index contributed by atoms with van der Waals surface area (Å²) >= 11 is 6.17. The van der Waals surface area contributed by atoms with E-state index in [2.05, 4.69) is 39.9 Å². The number of nitrogens with one attached hydrogen (secondary N) is 1. The first-order valence-corrected chi connectivity index (χ1v) is 7.72. The molecule has 0 saturated carbocycles. The fourth-order valence-corrected chi connectivity index (χ4v) is 2.68. The van der Waals surface area contributed by atoms with Gasteiger partial charge in [-0.3, -0.25) is 0 Å². The second kappa shape index (κ2) is 6.91. The largest absolute Gasteiger partial charge is 0.312 e. The number of halogens is 2. The van der Waals surface area contributed by atoms with Gasteiger partial charge in [0, 0.05) is 22.7 Å². The Morgan fingerprint density at radius 3 is 2.35 bits per heavy atom. The molecular weight excluding hydrogens is 273 g/mol. The molecule has 0 aliphatic heterocycles. The van der Waals surface area contributed by atoms with Crippen LogP contribution in [0, 0.1) is 11.2 Å². The van der Waals surface area contributed by atoms with Crippen molar-refractivity contribution in [1.29, 1.82) is 0 Å². The van der Waals surface area contributed by atoms with E-state index in [-0.39, 0.29) is 16.8 Å². The van der Waals surface area contributed by atoms with Crippen LogP contribution in [0.2, 0.25) is 5.02 Å². The Kier molecular flexibility index (Phi) is 6.03. The molecule has 0 fully saturated rings. The molecular formula is C17H27ClFN. The summed E-state index contributed by atoms with van der Waals surface area (Å²) in [6.07, 6.45) is 2.78. The van der Waals surface area contributed by atoms with Gasteiger partial charge in [0.25, 0.3) is 0 Å². The highest BCUT2D eigenvalue weighted by atomic mass is 35.5. The van der Waals surface area contributed by atoms with Gasteiger partial charge in [-0.05, 0) is 51.2 Å². The third kappa shape index (κ3) is 5.41. The van der Waals surface area contributed by atoms with Gasteiger partial charge in [-0.2, -0.15) is 0 Å². The standard InChI is InChI=1S/C17H27ClFN/c1-6-10-17(5,12-20-16(2,3)4)11-13-14(18)8-7-9-15(13)19/h7-9,20H,6,10-12H2,1-5H3. The summed E-state index contributed by atoms with van der Waals surface area (Å²) in [5, 5.41) is 4.07. The molecule has 1 rings (SSSR count). The quantitative estimate of drug-likeness (QED) is 0.759. The highest BCUT2D eigenvalue weighted by Crippen LogP contribution is 2.32. The first-order chi connectivity index (χ1) is 9.17. The number of hydrogen-bond acceptors (Lipinski definition) is 1. The monoisotopic (exact) mass is 299 g/mol. The van der Waals surface area contributed by atoms with Gasteiger partial charge in [0.1, 0.15) is 5.82 Å². The first-order valence-electron chi connectivity index (χ1n) is 7.35. The molecule has 0 spiro atoms. The van der Waals surface area contributed by atoms with Crippen LogP contribution in [0.5, 0.6) is 0 Å². The SMILES string of the molecule is CCCC(C)(CNC(C)(C)C)Cc1c(F)cccc1Cl. The third-order valence-electron chi connectivity index (χ3n) is 3.56. The average molecular weight is 300 g/mol. The van der Waals surface area contributed by atoms with Crippen LogP contribution in [-0.2, 0) is 6.42 Å². The van der Waals surface area contributed by atoms with E-state index in [1.54, 1.807) is 12.1 Å². The van der Waals surface area contributed by atoms with Crippen LogP contribution in [0.25, 0.3) is 0 Å². The number of rotatable bonds is 6. The normalized spacial score (nSPS) is 15.2. The molecule has 1 atom stereocenters. The van der Waals surface area contributed by atoms with Gasteiger partial charge < -0.3 is 5.32 Å². The van der Waals surface area contributed by atoms with E-state index in [0.717, 1.165) is 19.4 Å². The van der Waals surface area contributed by atoms with Crippen molar-refractivity contribution in [2.24, 2.45) is 5.41 Å². The van der Waals surface area contributed by atoms with Gasteiger partial charge in [0.15, 0.2) is 0 Å². The number of hydrogen-bond donors (Lipinski definition) is 1. The van der Waals surface area contributed by atoms with Crippen LogP contribution in [0.3, 0.4) is 0 Å². The molecule has 20 heavy (non-hydrogen) atoms. The molecule has 0 aromatic heterocycles. The molecule has 0 amide bonds. The van der Waals surface area contributed by atoms with Gasteiger partial charge in [0.05, 0.1) is 0 Å². The van der Waals surface area contributed by atoms with E-state index in [9.17, 15) is 4.39 Å². The molecule has 0 saturated heterocycles. The van der Waals surface area contributed by atoms with E-state index in [1.807, 2.05) is 0 Å². The van der Waals surface area contributed by atoms with Crippen molar-refractivity contribution < 1.29 is 4.39 Å². The van der Waals surface area contributed by atoms with Crippen molar-refractivity contribution in [2.75, 3.05) is 6.54 Å². The van der Waals surface area contributed by atoms with Gasteiger partial charge in [-0.1, -0.05) is 37.9 Å². The zero-order chi connectivity index (χ0) is 15.4. The lowest BCUT2D eigenvalue weighted by molar-refractivity contribution is 0.241. The molecule has 1 aromatic carbocycles. The lowest BCUT2D eigenvalue weighted by atomic mass is 9.79. The predicted molar refractivity (Wildman–Crippen MR) is 85.9 cm³/mol. The molecule has 1 N–H and O–H groups in total. The minimum atomic E-state index is -0.199. The summed E-state index contributed by atoms with van der Waals surface area (Å²) < 4.78 is 14.0. The van der Waals surface area contributed by atoms with E-state index in [4.69, 9.17) is 11.6 Å². The van der Waals surface area contributed by atoms with E-state index >= 15 is 0 Å².